The summed E-state index contributed by atoms with van der Waals surface area (Å²) >= 11 is 5.61. The fraction of sp³-hybridized carbons (Fsp3) is 0.417. The molecule has 0 N–H and O–H groups in total. The van der Waals surface area contributed by atoms with Gasteiger partial charge in [-0.1, -0.05) is 19.1 Å². The van der Waals surface area contributed by atoms with Gasteiger partial charge >= 0.3 is 5.51 Å². The molecule has 1 rings (SSSR count). The van der Waals surface area contributed by atoms with Gasteiger partial charge in [0.2, 0.25) is 0 Å². The van der Waals surface area contributed by atoms with Crippen molar-refractivity contribution < 1.29 is 18.0 Å². The maximum Gasteiger partial charge on any atom is 0.446 e. The number of rotatable bonds is 4. The summed E-state index contributed by atoms with van der Waals surface area (Å²) in [7, 11) is 0. The highest BCUT2D eigenvalue weighted by Crippen LogP contribution is 2.41. The first-order valence-electron chi connectivity index (χ1n) is 5.27. The summed E-state index contributed by atoms with van der Waals surface area (Å²) in [5.74, 6) is -0.370. The molecule has 0 saturated carbocycles. The number of halogens is 4. The quantitative estimate of drug-likeness (QED) is 0.590. The molecule has 0 aliphatic rings. The monoisotopic (exact) mass is 296 g/mol. The molecule has 0 aromatic heterocycles. The zero-order valence-corrected chi connectivity index (χ0v) is 11.4. The van der Waals surface area contributed by atoms with Gasteiger partial charge in [-0.15, -0.1) is 11.6 Å². The van der Waals surface area contributed by atoms with Crippen molar-refractivity contribution in [3.8, 4) is 0 Å². The van der Waals surface area contributed by atoms with E-state index >= 15 is 0 Å². The minimum atomic E-state index is -4.39. The molecule has 0 radical (unpaired) electrons. The van der Waals surface area contributed by atoms with Gasteiger partial charge in [-0.2, -0.15) is 13.2 Å². The van der Waals surface area contributed by atoms with E-state index < -0.39 is 10.9 Å². The lowest BCUT2D eigenvalue weighted by Crippen LogP contribution is -2.07. The zero-order valence-electron chi connectivity index (χ0n) is 9.84. The first-order valence-corrected chi connectivity index (χ1v) is 6.53. The molecule has 0 saturated heterocycles. The Kier molecular flexibility index (Phi) is 5.10. The maximum absolute atomic E-state index is 12.5. The Morgan fingerprint density at radius 1 is 1.44 bits per heavy atom. The average Bonchev–Trinajstić information content (AvgIpc) is 2.25. The molecular formula is C12H12ClF3OS. The van der Waals surface area contributed by atoms with Crippen molar-refractivity contribution in [2.24, 2.45) is 0 Å². The lowest BCUT2D eigenvalue weighted by atomic mass is 10.1. The van der Waals surface area contributed by atoms with Crippen molar-refractivity contribution in [1.29, 1.82) is 0 Å². The molecule has 0 aliphatic carbocycles. The van der Waals surface area contributed by atoms with E-state index in [0.717, 1.165) is 5.56 Å². The van der Waals surface area contributed by atoms with Crippen molar-refractivity contribution >= 4 is 29.1 Å². The molecule has 6 heteroatoms. The molecule has 1 aromatic rings. The van der Waals surface area contributed by atoms with Crippen LogP contribution in [0.3, 0.4) is 0 Å². The first-order chi connectivity index (χ1) is 8.24. The van der Waals surface area contributed by atoms with Gasteiger partial charge in [0.25, 0.3) is 0 Å². The predicted molar refractivity (Wildman–Crippen MR) is 67.0 cm³/mol. The van der Waals surface area contributed by atoms with Crippen molar-refractivity contribution in [2.75, 3.05) is 0 Å². The van der Waals surface area contributed by atoms with Crippen molar-refractivity contribution in [2.45, 2.75) is 36.0 Å². The molecule has 0 spiro atoms. The standard InChI is InChI=1S/C12H12ClF3OS/c1-3-8-4-5-9(11(13)7(2)17)10(6-8)18-12(14,15)16/h4-6,11H,3H2,1-2H3. The fourth-order valence-electron chi connectivity index (χ4n) is 1.44. The normalized spacial score (nSPS) is 13.4. The number of hydrogen-bond acceptors (Lipinski definition) is 2. The van der Waals surface area contributed by atoms with E-state index in [4.69, 9.17) is 11.6 Å². The van der Waals surface area contributed by atoms with Gasteiger partial charge in [0.05, 0.1) is 0 Å². The van der Waals surface area contributed by atoms with Gasteiger partial charge in [0, 0.05) is 4.90 Å². The van der Waals surface area contributed by atoms with Crippen LogP contribution in [0.2, 0.25) is 0 Å². The number of aryl methyl sites for hydroxylation is 1. The van der Waals surface area contributed by atoms with Crippen LogP contribution < -0.4 is 0 Å². The molecule has 0 bridgehead atoms. The minimum Gasteiger partial charge on any atom is -0.298 e. The molecule has 0 fully saturated rings. The van der Waals surface area contributed by atoms with Crippen LogP contribution in [0.4, 0.5) is 13.2 Å². The van der Waals surface area contributed by atoms with E-state index in [-0.39, 0.29) is 28.0 Å². The fourth-order valence-corrected chi connectivity index (χ4v) is 2.46. The third-order valence-electron chi connectivity index (χ3n) is 2.34. The summed E-state index contributed by atoms with van der Waals surface area (Å²) in [6, 6.07) is 4.62. The first kappa shape index (κ1) is 15.4. The highest BCUT2D eigenvalue weighted by molar-refractivity contribution is 8.00. The Morgan fingerprint density at radius 3 is 2.50 bits per heavy atom. The van der Waals surface area contributed by atoms with Gasteiger partial charge in [-0.05, 0) is 42.3 Å². The highest BCUT2D eigenvalue weighted by Gasteiger charge is 2.32. The second-order valence-electron chi connectivity index (χ2n) is 3.75. The summed E-state index contributed by atoms with van der Waals surface area (Å²) < 4.78 is 37.4. The van der Waals surface area contributed by atoms with Crippen LogP contribution in [0, 0.1) is 0 Å². The zero-order chi connectivity index (χ0) is 13.9. The van der Waals surface area contributed by atoms with Crippen LogP contribution in [-0.4, -0.2) is 11.3 Å². The van der Waals surface area contributed by atoms with Gasteiger partial charge in [-0.3, -0.25) is 4.79 Å². The van der Waals surface area contributed by atoms with Gasteiger partial charge in [0.1, 0.15) is 5.38 Å². The van der Waals surface area contributed by atoms with Crippen molar-refractivity contribution in [3.63, 3.8) is 0 Å². The van der Waals surface area contributed by atoms with Crippen LogP contribution in [-0.2, 0) is 11.2 Å². The summed E-state index contributed by atoms with van der Waals surface area (Å²) in [6.45, 7) is 3.10. The number of alkyl halides is 4. The summed E-state index contributed by atoms with van der Waals surface area (Å²) in [5.41, 5.74) is -3.41. The Bertz CT molecular complexity index is 445. The Balaban J connectivity index is 3.20. The topological polar surface area (TPSA) is 17.1 Å². The third-order valence-corrected chi connectivity index (χ3v) is 3.69. The van der Waals surface area contributed by atoms with Crippen LogP contribution in [0.5, 0.6) is 0 Å². The number of ketones is 1. The predicted octanol–water partition coefficient (Wildman–Crippen LogP) is 4.73. The number of benzene rings is 1. The molecule has 1 atom stereocenters. The molecule has 18 heavy (non-hydrogen) atoms. The smallest absolute Gasteiger partial charge is 0.298 e. The van der Waals surface area contributed by atoms with Crippen LogP contribution in [0.25, 0.3) is 0 Å². The van der Waals surface area contributed by atoms with Crippen LogP contribution in [0.1, 0.15) is 30.4 Å². The molecule has 0 heterocycles. The molecular weight excluding hydrogens is 285 g/mol. The third kappa shape index (κ3) is 4.21. The van der Waals surface area contributed by atoms with E-state index in [0.29, 0.717) is 6.42 Å². The number of thioether (sulfide) groups is 1. The van der Waals surface area contributed by atoms with Gasteiger partial charge in [-0.25, -0.2) is 0 Å². The summed E-state index contributed by atoms with van der Waals surface area (Å²) in [4.78, 5) is 11.2. The minimum absolute atomic E-state index is 0.00273. The Morgan fingerprint density at radius 2 is 2.06 bits per heavy atom. The number of hydrogen-bond donors (Lipinski definition) is 0. The average molecular weight is 297 g/mol. The number of Topliss-reactive ketones (excluding diaryl/α,β-unsaturated/α-hetero) is 1. The second kappa shape index (κ2) is 5.97. The summed E-state index contributed by atoms with van der Waals surface area (Å²) in [5, 5.41) is -1.04. The molecule has 1 unspecified atom stereocenters. The largest absolute Gasteiger partial charge is 0.446 e. The molecule has 1 aromatic carbocycles. The van der Waals surface area contributed by atoms with Gasteiger partial charge < -0.3 is 0 Å². The van der Waals surface area contributed by atoms with E-state index in [1.807, 2.05) is 6.92 Å². The Hall–Kier alpha value is -0.680. The number of carbonyl (C=O) groups excluding carboxylic acids is 1. The van der Waals surface area contributed by atoms with E-state index in [2.05, 4.69) is 0 Å². The van der Waals surface area contributed by atoms with Crippen LogP contribution in [0.15, 0.2) is 23.1 Å². The van der Waals surface area contributed by atoms with Crippen molar-refractivity contribution in [3.05, 3.63) is 29.3 Å². The highest BCUT2D eigenvalue weighted by atomic mass is 35.5. The van der Waals surface area contributed by atoms with Gasteiger partial charge in [0.15, 0.2) is 5.78 Å². The molecule has 100 valence electrons. The van der Waals surface area contributed by atoms with E-state index in [1.165, 1.54) is 19.1 Å². The lowest BCUT2D eigenvalue weighted by Gasteiger charge is -2.15. The Labute approximate surface area is 113 Å². The molecule has 1 nitrogen and oxygen atoms in total. The molecule has 0 amide bonds. The SMILES string of the molecule is CCc1ccc(C(Cl)C(C)=O)c(SC(F)(F)F)c1. The second-order valence-corrected chi connectivity index (χ2v) is 5.29. The van der Waals surface area contributed by atoms with Crippen molar-refractivity contribution in [1.82, 2.24) is 0 Å². The maximum atomic E-state index is 12.5. The van der Waals surface area contributed by atoms with E-state index in [9.17, 15) is 18.0 Å². The van der Waals surface area contributed by atoms with Crippen LogP contribution >= 0.6 is 23.4 Å². The lowest BCUT2D eigenvalue weighted by molar-refractivity contribution is -0.116. The number of carbonyl (C=O) groups is 1. The summed E-state index contributed by atoms with van der Waals surface area (Å²) in [6.07, 6.45) is 0.624. The van der Waals surface area contributed by atoms with E-state index in [1.54, 1.807) is 6.07 Å². The molecule has 0 aliphatic heterocycles.